The average Bonchev–Trinajstić information content (AvgIpc) is 2.95. The minimum atomic E-state index is -0.190. The van der Waals surface area contributed by atoms with Crippen LogP contribution in [-0.2, 0) is 4.79 Å². The maximum atomic E-state index is 11.7. The maximum Gasteiger partial charge on any atom is 0.224 e. The zero-order valence-electron chi connectivity index (χ0n) is 11.6. The second kappa shape index (κ2) is 6.70. The molecule has 0 aliphatic carbocycles. The number of nitrogens with one attached hydrogen (secondary N) is 2. The maximum absolute atomic E-state index is 11.7. The van der Waals surface area contributed by atoms with Gasteiger partial charge < -0.3 is 10.1 Å². The summed E-state index contributed by atoms with van der Waals surface area (Å²) >= 11 is 0. The summed E-state index contributed by atoms with van der Waals surface area (Å²) in [6, 6.07) is 7.54. The highest BCUT2D eigenvalue weighted by atomic mass is 16.5. The number of benzene rings is 1. The van der Waals surface area contributed by atoms with E-state index in [2.05, 4.69) is 20.5 Å². The lowest BCUT2D eigenvalue weighted by Crippen LogP contribution is -2.28. The minimum Gasteiger partial charge on any atom is -0.493 e. The number of aromatic amines is 1. The molecule has 1 amide bonds. The highest BCUT2D eigenvalue weighted by Crippen LogP contribution is 2.11. The molecule has 0 bridgehead atoms. The number of aryl methyl sites for hydroxylation is 1. The molecule has 6 heteroatoms. The SMILES string of the molecule is Cc1ccc(OCCC(=O)NC(C)c2ncn[nH]2)cc1. The first kappa shape index (κ1) is 14.0. The molecule has 1 aromatic heterocycles. The van der Waals surface area contributed by atoms with E-state index in [4.69, 9.17) is 4.74 Å². The predicted molar refractivity (Wildman–Crippen MR) is 74.2 cm³/mol. The van der Waals surface area contributed by atoms with Crippen LogP contribution < -0.4 is 10.1 Å². The number of H-pyrrole nitrogens is 1. The molecule has 0 aliphatic rings. The van der Waals surface area contributed by atoms with E-state index < -0.39 is 0 Å². The van der Waals surface area contributed by atoms with Gasteiger partial charge in [-0.1, -0.05) is 17.7 Å². The Morgan fingerprint density at radius 1 is 1.40 bits per heavy atom. The van der Waals surface area contributed by atoms with Crippen molar-refractivity contribution in [2.45, 2.75) is 26.3 Å². The summed E-state index contributed by atoms with van der Waals surface area (Å²) in [5, 5.41) is 9.29. The first-order valence-corrected chi connectivity index (χ1v) is 6.49. The minimum absolute atomic E-state index is 0.0824. The summed E-state index contributed by atoms with van der Waals surface area (Å²) in [6.45, 7) is 4.21. The molecule has 2 aromatic rings. The van der Waals surface area contributed by atoms with E-state index in [0.717, 1.165) is 5.75 Å². The van der Waals surface area contributed by atoms with Crippen LogP contribution in [0.25, 0.3) is 0 Å². The number of carbonyl (C=O) groups is 1. The van der Waals surface area contributed by atoms with Gasteiger partial charge in [0.05, 0.1) is 19.1 Å². The molecule has 1 heterocycles. The van der Waals surface area contributed by atoms with Gasteiger partial charge in [0, 0.05) is 0 Å². The second-order valence-corrected chi connectivity index (χ2v) is 4.57. The third kappa shape index (κ3) is 4.08. The molecular formula is C14H18N4O2. The summed E-state index contributed by atoms with van der Waals surface area (Å²) in [6.07, 6.45) is 1.71. The predicted octanol–water partition coefficient (Wildman–Crippen LogP) is 1.76. The summed E-state index contributed by atoms with van der Waals surface area (Å²) < 4.78 is 5.51. The molecule has 1 unspecified atom stereocenters. The standard InChI is InChI=1S/C14H18N4O2/c1-10-3-5-12(6-4-10)20-8-7-13(19)17-11(2)14-15-9-16-18-14/h3-6,9,11H,7-8H2,1-2H3,(H,17,19)(H,15,16,18). The number of amides is 1. The second-order valence-electron chi connectivity index (χ2n) is 4.57. The van der Waals surface area contributed by atoms with Crippen molar-refractivity contribution in [3.05, 3.63) is 42.0 Å². The van der Waals surface area contributed by atoms with E-state index in [9.17, 15) is 4.79 Å². The number of rotatable bonds is 6. The van der Waals surface area contributed by atoms with E-state index in [1.165, 1.54) is 11.9 Å². The number of hydrogen-bond acceptors (Lipinski definition) is 4. The van der Waals surface area contributed by atoms with Crippen molar-refractivity contribution in [1.82, 2.24) is 20.5 Å². The summed E-state index contributed by atoms with van der Waals surface area (Å²) in [4.78, 5) is 15.7. The number of hydrogen-bond donors (Lipinski definition) is 2. The summed E-state index contributed by atoms with van der Waals surface area (Å²) in [5.41, 5.74) is 1.18. The topological polar surface area (TPSA) is 79.9 Å². The lowest BCUT2D eigenvalue weighted by atomic mass is 10.2. The lowest BCUT2D eigenvalue weighted by Gasteiger charge is -2.11. The van der Waals surface area contributed by atoms with Crippen molar-refractivity contribution in [2.75, 3.05) is 6.61 Å². The molecule has 1 atom stereocenters. The van der Waals surface area contributed by atoms with Crippen molar-refractivity contribution in [3.63, 3.8) is 0 Å². The molecule has 0 saturated heterocycles. The van der Waals surface area contributed by atoms with Crippen molar-refractivity contribution >= 4 is 5.91 Å². The Morgan fingerprint density at radius 2 is 2.15 bits per heavy atom. The first-order chi connectivity index (χ1) is 9.65. The average molecular weight is 274 g/mol. The molecule has 1 aromatic carbocycles. The van der Waals surface area contributed by atoms with Gasteiger partial charge in [0.2, 0.25) is 5.91 Å². The fourth-order valence-corrected chi connectivity index (χ4v) is 1.70. The quantitative estimate of drug-likeness (QED) is 0.841. The molecule has 0 fully saturated rings. The van der Waals surface area contributed by atoms with Gasteiger partial charge in [-0.3, -0.25) is 9.89 Å². The van der Waals surface area contributed by atoms with Gasteiger partial charge in [-0.15, -0.1) is 0 Å². The fraction of sp³-hybridized carbons (Fsp3) is 0.357. The monoisotopic (exact) mass is 274 g/mol. The summed E-state index contributed by atoms with van der Waals surface area (Å²) in [5.74, 6) is 1.32. The molecule has 106 valence electrons. The van der Waals surface area contributed by atoms with Crippen LogP contribution in [-0.4, -0.2) is 27.7 Å². The molecule has 0 aliphatic heterocycles. The molecule has 0 spiro atoms. The molecule has 6 nitrogen and oxygen atoms in total. The van der Waals surface area contributed by atoms with Gasteiger partial charge >= 0.3 is 0 Å². The van der Waals surface area contributed by atoms with Crippen LogP contribution in [0.5, 0.6) is 5.75 Å². The van der Waals surface area contributed by atoms with Crippen molar-refractivity contribution in [2.24, 2.45) is 0 Å². The van der Waals surface area contributed by atoms with Gasteiger partial charge in [0.15, 0.2) is 0 Å². The van der Waals surface area contributed by atoms with Gasteiger partial charge in [0.1, 0.15) is 17.9 Å². The smallest absolute Gasteiger partial charge is 0.224 e. The summed E-state index contributed by atoms with van der Waals surface area (Å²) in [7, 11) is 0. The molecule has 2 rings (SSSR count). The Hall–Kier alpha value is -2.37. The Balaban J connectivity index is 1.71. The van der Waals surface area contributed by atoms with E-state index in [-0.39, 0.29) is 11.9 Å². The third-order valence-corrected chi connectivity index (χ3v) is 2.84. The van der Waals surface area contributed by atoms with Crippen LogP contribution in [0, 0.1) is 6.92 Å². The molecule has 20 heavy (non-hydrogen) atoms. The number of carbonyl (C=O) groups excluding carboxylic acids is 1. The Bertz CT molecular complexity index is 537. The van der Waals surface area contributed by atoms with Crippen molar-refractivity contribution < 1.29 is 9.53 Å². The van der Waals surface area contributed by atoms with Crippen LogP contribution in [0.1, 0.15) is 30.8 Å². The zero-order chi connectivity index (χ0) is 14.4. The van der Waals surface area contributed by atoms with Crippen LogP contribution in [0.3, 0.4) is 0 Å². The van der Waals surface area contributed by atoms with E-state index in [0.29, 0.717) is 18.9 Å². The van der Waals surface area contributed by atoms with Crippen molar-refractivity contribution in [1.29, 1.82) is 0 Å². The molecule has 0 radical (unpaired) electrons. The zero-order valence-corrected chi connectivity index (χ0v) is 11.6. The Kier molecular flexibility index (Phi) is 4.70. The Labute approximate surface area is 117 Å². The van der Waals surface area contributed by atoms with Gasteiger partial charge in [-0.2, -0.15) is 5.10 Å². The van der Waals surface area contributed by atoms with Crippen LogP contribution in [0.2, 0.25) is 0 Å². The number of nitrogens with zero attached hydrogens (tertiary/aromatic N) is 2. The highest BCUT2D eigenvalue weighted by molar-refractivity contribution is 5.76. The van der Waals surface area contributed by atoms with E-state index in [1.807, 2.05) is 38.1 Å². The van der Waals surface area contributed by atoms with E-state index in [1.54, 1.807) is 0 Å². The van der Waals surface area contributed by atoms with Crippen LogP contribution >= 0.6 is 0 Å². The van der Waals surface area contributed by atoms with E-state index >= 15 is 0 Å². The number of ether oxygens (including phenoxy) is 1. The van der Waals surface area contributed by atoms with Crippen LogP contribution in [0.15, 0.2) is 30.6 Å². The molecule has 0 saturated carbocycles. The van der Waals surface area contributed by atoms with Gasteiger partial charge in [-0.25, -0.2) is 4.98 Å². The largest absolute Gasteiger partial charge is 0.493 e. The van der Waals surface area contributed by atoms with Crippen molar-refractivity contribution in [3.8, 4) is 5.75 Å². The first-order valence-electron chi connectivity index (χ1n) is 6.49. The normalized spacial score (nSPS) is 11.9. The molecule has 2 N–H and O–H groups in total. The van der Waals surface area contributed by atoms with Crippen LogP contribution in [0.4, 0.5) is 0 Å². The third-order valence-electron chi connectivity index (χ3n) is 2.84. The van der Waals surface area contributed by atoms with Gasteiger partial charge in [-0.05, 0) is 26.0 Å². The lowest BCUT2D eigenvalue weighted by molar-refractivity contribution is -0.122. The Morgan fingerprint density at radius 3 is 2.80 bits per heavy atom. The molecular weight excluding hydrogens is 256 g/mol. The van der Waals surface area contributed by atoms with Gasteiger partial charge in [0.25, 0.3) is 0 Å². The number of aromatic nitrogens is 3. The fourth-order valence-electron chi connectivity index (χ4n) is 1.70. The highest BCUT2D eigenvalue weighted by Gasteiger charge is 2.11.